The van der Waals surface area contributed by atoms with Gasteiger partial charge in [-0.05, 0) is 13.8 Å². The molecule has 0 radical (unpaired) electrons. The Labute approximate surface area is 124 Å². The van der Waals surface area contributed by atoms with Crippen molar-refractivity contribution in [2.24, 2.45) is 0 Å². The van der Waals surface area contributed by atoms with Crippen LogP contribution in [-0.4, -0.2) is 0 Å². The van der Waals surface area contributed by atoms with Gasteiger partial charge in [-0.2, -0.15) is 23.3 Å². The molecule has 1 heteroatoms. The van der Waals surface area contributed by atoms with Gasteiger partial charge in [-0.3, -0.25) is 12.2 Å². The van der Waals surface area contributed by atoms with Crippen molar-refractivity contribution in [3.8, 4) is 0 Å². The van der Waals surface area contributed by atoms with E-state index in [0.717, 1.165) is 12.8 Å². The van der Waals surface area contributed by atoms with Crippen LogP contribution in [0.2, 0.25) is 0 Å². The summed E-state index contributed by atoms with van der Waals surface area (Å²) in [7, 11) is 0. The summed E-state index contributed by atoms with van der Waals surface area (Å²) >= 11 is 0. The van der Waals surface area contributed by atoms with Gasteiger partial charge < -0.3 is 0 Å². The minimum atomic E-state index is 0. The summed E-state index contributed by atoms with van der Waals surface area (Å²) < 4.78 is 0. The maximum atomic E-state index is 3.09. The zero-order chi connectivity index (χ0) is 11.6. The third kappa shape index (κ3) is 7.28. The van der Waals surface area contributed by atoms with Crippen molar-refractivity contribution in [2.45, 2.75) is 26.7 Å². The van der Waals surface area contributed by atoms with Gasteiger partial charge in [-0.25, -0.2) is 12.2 Å². The Kier molecular flexibility index (Phi) is 10.1. The van der Waals surface area contributed by atoms with E-state index < -0.39 is 0 Å². The smallest absolute Gasteiger partial charge is 0.272 e. The topological polar surface area (TPSA) is 0 Å². The molecule has 0 atom stereocenters. The molecule has 17 heavy (non-hydrogen) atoms. The molecule has 2 rings (SSSR count). The van der Waals surface area contributed by atoms with E-state index in [1.165, 1.54) is 11.1 Å². The zero-order valence-corrected chi connectivity index (χ0v) is 13.0. The average Bonchev–Trinajstić information content (AvgIpc) is 2.92. The molecule has 2 aliphatic carbocycles. The van der Waals surface area contributed by atoms with E-state index in [4.69, 9.17) is 0 Å². The molecular weight excluding hydrogens is 283 g/mol. The van der Waals surface area contributed by atoms with Crippen LogP contribution in [0.3, 0.4) is 0 Å². The first kappa shape index (κ1) is 16.3. The number of allylic oxidation sites excluding steroid dienone is 12. The molecule has 0 saturated carbocycles. The van der Waals surface area contributed by atoms with E-state index in [-0.39, 0.29) is 26.2 Å². The first-order valence-electron chi connectivity index (χ1n) is 5.65. The van der Waals surface area contributed by atoms with Gasteiger partial charge in [0.25, 0.3) is 0 Å². The predicted octanol–water partition coefficient (Wildman–Crippen LogP) is 4.50. The van der Waals surface area contributed by atoms with Crippen LogP contribution in [-0.2, 0) is 26.2 Å². The quantitative estimate of drug-likeness (QED) is 0.659. The summed E-state index contributed by atoms with van der Waals surface area (Å²) in [5.41, 5.74) is 2.57. The van der Waals surface area contributed by atoms with Gasteiger partial charge in [0.05, 0.1) is 0 Å². The summed E-state index contributed by atoms with van der Waals surface area (Å²) in [4.78, 5) is 0. The van der Waals surface area contributed by atoms with Gasteiger partial charge in [-0.1, -0.05) is 0 Å². The van der Waals surface area contributed by atoms with E-state index in [2.05, 4.69) is 36.5 Å². The van der Waals surface area contributed by atoms with Crippen LogP contribution < -0.4 is 0 Å². The minimum Gasteiger partial charge on any atom is -0.272 e. The summed E-state index contributed by atoms with van der Waals surface area (Å²) in [5.74, 6) is 0. The second kappa shape index (κ2) is 10.5. The molecule has 0 aromatic carbocycles. The van der Waals surface area contributed by atoms with Crippen LogP contribution in [0, 0.1) is 12.2 Å². The van der Waals surface area contributed by atoms with E-state index in [1.54, 1.807) is 0 Å². The van der Waals surface area contributed by atoms with E-state index in [1.807, 2.05) is 38.2 Å². The van der Waals surface area contributed by atoms with Crippen LogP contribution in [0.15, 0.2) is 59.8 Å². The molecule has 86 valence electrons. The van der Waals surface area contributed by atoms with Crippen LogP contribution in [0.1, 0.15) is 26.7 Å². The molecule has 2 aliphatic rings. The van der Waals surface area contributed by atoms with E-state index >= 15 is 0 Å². The van der Waals surface area contributed by atoms with Gasteiger partial charge in [0.2, 0.25) is 0 Å². The second-order valence-corrected chi connectivity index (χ2v) is 3.51. The van der Waals surface area contributed by atoms with Gasteiger partial charge in [0, 0.05) is 0 Å². The summed E-state index contributed by atoms with van der Waals surface area (Å²) in [5, 5.41) is 0. The molecule has 0 heterocycles. The van der Waals surface area contributed by atoms with E-state index in [9.17, 15) is 0 Å². The molecule has 0 aliphatic heterocycles. The fourth-order valence-corrected chi connectivity index (χ4v) is 1.44. The van der Waals surface area contributed by atoms with Crippen molar-refractivity contribution in [1.29, 1.82) is 0 Å². The third-order valence-electron chi connectivity index (χ3n) is 2.17. The van der Waals surface area contributed by atoms with Gasteiger partial charge in [-0.15, -0.1) is 37.1 Å². The minimum absolute atomic E-state index is 0. The first-order valence-corrected chi connectivity index (χ1v) is 5.65. The third-order valence-corrected chi connectivity index (χ3v) is 2.17. The molecular formula is C16H18Zr. The zero-order valence-electron chi connectivity index (χ0n) is 10.5. The predicted molar refractivity (Wildman–Crippen MR) is 70.7 cm³/mol. The van der Waals surface area contributed by atoms with Gasteiger partial charge >= 0.3 is 26.2 Å². The van der Waals surface area contributed by atoms with Crippen molar-refractivity contribution in [2.75, 3.05) is 0 Å². The Bertz CT molecular complexity index is 338. The Morgan fingerprint density at radius 2 is 1.29 bits per heavy atom. The fraction of sp³-hybridized carbons (Fsp3) is 0.250. The Morgan fingerprint density at radius 3 is 1.53 bits per heavy atom. The Hall–Kier alpha value is -0.677. The SMILES string of the molecule is C/C=C\C1=CC[C-]=C1.C/C=C\C1=CC[C-]=C1.[Zr+2]. The maximum Gasteiger partial charge on any atom is 2.00 e. The largest absolute Gasteiger partial charge is 2.00 e. The summed E-state index contributed by atoms with van der Waals surface area (Å²) in [6, 6.07) is 0. The normalized spacial score (nSPS) is 16.8. The molecule has 0 bridgehead atoms. The second-order valence-electron chi connectivity index (χ2n) is 3.51. The molecule has 0 amide bonds. The van der Waals surface area contributed by atoms with Gasteiger partial charge in [0.15, 0.2) is 0 Å². The Balaban J connectivity index is 0.000000284. The molecule has 0 N–H and O–H groups in total. The van der Waals surface area contributed by atoms with Crippen LogP contribution in [0.25, 0.3) is 0 Å². The van der Waals surface area contributed by atoms with Crippen molar-refractivity contribution >= 4 is 0 Å². The Morgan fingerprint density at radius 1 is 0.882 bits per heavy atom. The molecule has 0 unspecified atom stereocenters. The van der Waals surface area contributed by atoms with Crippen molar-refractivity contribution < 1.29 is 26.2 Å². The molecule has 0 spiro atoms. The van der Waals surface area contributed by atoms with E-state index in [0.29, 0.717) is 0 Å². The van der Waals surface area contributed by atoms with Gasteiger partial charge in [0.1, 0.15) is 0 Å². The number of hydrogen-bond donors (Lipinski definition) is 0. The summed E-state index contributed by atoms with van der Waals surface area (Å²) in [6.45, 7) is 4.04. The molecule has 0 saturated heterocycles. The standard InChI is InChI=1S/2C8H9.Zr/c2*1-2-5-8-6-3-4-7-8;/h2*2,5-7H,3H2,1H3;/q2*-1;+2/b2*5-2-;. The van der Waals surface area contributed by atoms with Crippen molar-refractivity contribution in [3.63, 3.8) is 0 Å². The average molecular weight is 302 g/mol. The maximum absolute atomic E-state index is 3.09. The number of rotatable bonds is 2. The van der Waals surface area contributed by atoms with Crippen LogP contribution >= 0.6 is 0 Å². The van der Waals surface area contributed by atoms with Crippen LogP contribution in [0.5, 0.6) is 0 Å². The first-order chi connectivity index (χ1) is 7.86. The summed E-state index contributed by atoms with van der Waals surface area (Å²) in [6.07, 6.45) is 24.7. The molecule has 0 aromatic rings. The van der Waals surface area contributed by atoms with Crippen LogP contribution in [0.4, 0.5) is 0 Å². The molecule has 0 nitrogen and oxygen atoms in total. The molecule has 0 aromatic heterocycles. The fourth-order valence-electron chi connectivity index (χ4n) is 1.44. The van der Waals surface area contributed by atoms with Crippen molar-refractivity contribution in [3.05, 3.63) is 71.9 Å². The number of hydrogen-bond acceptors (Lipinski definition) is 0. The molecule has 0 fully saturated rings. The van der Waals surface area contributed by atoms with Crippen molar-refractivity contribution in [1.82, 2.24) is 0 Å². The monoisotopic (exact) mass is 300 g/mol.